The summed E-state index contributed by atoms with van der Waals surface area (Å²) >= 11 is 0. The van der Waals surface area contributed by atoms with Gasteiger partial charge in [-0.1, -0.05) is 13.3 Å². The first-order valence-corrected chi connectivity index (χ1v) is 6.29. The first kappa shape index (κ1) is 13.2. The van der Waals surface area contributed by atoms with Crippen molar-refractivity contribution in [3.8, 4) is 11.8 Å². The highest BCUT2D eigenvalue weighted by molar-refractivity contribution is 5.49. The van der Waals surface area contributed by atoms with Gasteiger partial charge in [0.05, 0.1) is 11.1 Å². The van der Waals surface area contributed by atoms with Crippen LogP contribution in [0.15, 0.2) is 22.3 Å². The van der Waals surface area contributed by atoms with Crippen LogP contribution in [0.2, 0.25) is 0 Å². The van der Waals surface area contributed by atoms with Crippen molar-refractivity contribution in [1.29, 1.82) is 5.26 Å². The van der Waals surface area contributed by atoms with Crippen LogP contribution in [0.1, 0.15) is 36.9 Å². The Morgan fingerprint density at radius 3 is 2.84 bits per heavy atom. The molecule has 1 aliphatic heterocycles. The van der Waals surface area contributed by atoms with E-state index in [1.165, 1.54) is 0 Å². The van der Waals surface area contributed by atoms with Crippen molar-refractivity contribution in [3.05, 3.63) is 39.1 Å². The van der Waals surface area contributed by atoms with Crippen molar-refractivity contribution in [2.75, 3.05) is 0 Å². The van der Waals surface area contributed by atoms with Gasteiger partial charge in [-0.3, -0.25) is 4.79 Å². The maximum absolute atomic E-state index is 12.4. The number of aryl methyl sites for hydroxylation is 1. The van der Waals surface area contributed by atoms with Gasteiger partial charge in [0.1, 0.15) is 11.8 Å². The number of rotatable bonds is 2. The molecule has 1 aromatic rings. The summed E-state index contributed by atoms with van der Waals surface area (Å²) < 4.78 is 7.02. The Labute approximate surface area is 111 Å². The first-order chi connectivity index (χ1) is 9.01. The Kier molecular flexibility index (Phi) is 3.34. The molecule has 0 aliphatic carbocycles. The molecule has 0 bridgehead atoms. The maximum Gasteiger partial charge on any atom is 0.258 e. The summed E-state index contributed by atoms with van der Waals surface area (Å²) in [6.07, 6.45) is 1.57. The fourth-order valence-electron chi connectivity index (χ4n) is 2.42. The third-order valence-corrected chi connectivity index (χ3v) is 3.55. The lowest BCUT2D eigenvalue weighted by Crippen LogP contribution is -2.31. The summed E-state index contributed by atoms with van der Waals surface area (Å²) in [4.78, 5) is 12.4. The fourth-order valence-corrected chi connectivity index (χ4v) is 2.42. The number of allylic oxidation sites excluding steroid dienone is 1. The zero-order chi connectivity index (χ0) is 14.2. The van der Waals surface area contributed by atoms with Gasteiger partial charge < -0.3 is 15.0 Å². The van der Waals surface area contributed by atoms with Crippen LogP contribution in [-0.2, 0) is 7.05 Å². The van der Waals surface area contributed by atoms with E-state index in [2.05, 4.69) is 6.07 Å². The SMILES string of the molecule is CCC[C@@H]1C(C#N)=C(N)Oc2cc(C)n(C)c(=O)c21. The molecule has 5 heteroatoms. The third kappa shape index (κ3) is 1.99. The lowest BCUT2D eigenvalue weighted by atomic mass is 9.86. The van der Waals surface area contributed by atoms with Crippen molar-refractivity contribution in [1.82, 2.24) is 4.57 Å². The molecule has 1 aliphatic rings. The summed E-state index contributed by atoms with van der Waals surface area (Å²) in [7, 11) is 1.72. The van der Waals surface area contributed by atoms with Crippen LogP contribution in [0.4, 0.5) is 0 Å². The highest BCUT2D eigenvalue weighted by Gasteiger charge is 2.31. The molecule has 0 saturated heterocycles. The molecule has 1 aromatic heterocycles. The van der Waals surface area contributed by atoms with E-state index in [-0.39, 0.29) is 17.4 Å². The van der Waals surface area contributed by atoms with E-state index in [9.17, 15) is 10.1 Å². The molecule has 19 heavy (non-hydrogen) atoms. The van der Waals surface area contributed by atoms with E-state index in [1.54, 1.807) is 17.7 Å². The molecule has 1 atom stereocenters. The molecule has 2 rings (SSSR count). The van der Waals surface area contributed by atoms with Gasteiger partial charge in [0.15, 0.2) is 0 Å². The Hall–Kier alpha value is -2.22. The number of nitrogens with two attached hydrogens (primary N) is 1. The van der Waals surface area contributed by atoms with Crippen LogP contribution in [-0.4, -0.2) is 4.57 Å². The fraction of sp³-hybridized carbons (Fsp3) is 0.429. The molecule has 0 spiro atoms. The van der Waals surface area contributed by atoms with E-state index in [1.807, 2.05) is 13.8 Å². The average molecular weight is 259 g/mol. The number of nitrogens with zero attached hydrogens (tertiary/aromatic N) is 2. The van der Waals surface area contributed by atoms with Crippen LogP contribution < -0.4 is 16.0 Å². The molecule has 0 radical (unpaired) electrons. The lowest BCUT2D eigenvalue weighted by molar-refractivity contribution is 0.380. The molecule has 0 aromatic carbocycles. The van der Waals surface area contributed by atoms with Crippen LogP contribution in [0.5, 0.6) is 5.75 Å². The van der Waals surface area contributed by atoms with E-state index in [0.29, 0.717) is 23.3 Å². The van der Waals surface area contributed by atoms with Crippen molar-refractivity contribution >= 4 is 0 Å². The van der Waals surface area contributed by atoms with Gasteiger partial charge in [-0.15, -0.1) is 0 Å². The minimum atomic E-state index is -0.266. The minimum Gasteiger partial charge on any atom is -0.440 e. The number of ether oxygens (including phenoxy) is 1. The standard InChI is InChI=1S/C14H17N3O2/c1-4-5-9-10(7-15)13(16)19-11-6-8(2)17(3)14(18)12(9)11/h6,9H,4-5,16H2,1-3H3/t9-/m1/s1. The minimum absolute atomic E-state index is 0.112. The second-order valence-corrected chi connectivity index (χ2v) is 4.76. The van der Waals surface area contributed by atoms with Gasteiger partial charge in [-0.25, -0.2) is 0 Å². The molecule has 2 heterocycles. The monoisotopic (exact) mass is 259 g/mol. The van der Waals surface area contributed by atoms with Gasteiger partial charge in [-0.05, 0) is 13.3 Å². The number of hydrogen-bond donors (Lipinski definition) is 1. The smallest absolute Gasteiger partial charge is 0.258 e. The molecule has 0 amide bonds. The van der Waals surface area contributed by atoms with Gasteiger partial charge >= 0.3 is 0 Å². The second-order valence-electron chi connectivity index (χ2n) is 4.76. The summed E-state index contributed by atoms with van der Waals surface area (Å²) in [6, 6.07) is 3.86. The van der Waals surface area contributed by atoms with Crippen molar-refractivity contribution in [2.24, 2.45) is 12.8 Å². The highest BCUT2D eigenvalue weighted by Crippen LogP contribution is 2.38. The van der Waals surface area contributed by atoms with Crippen LogP contribution in [0, 0.1) is 18.3 Å². The van der Waals surface area contributed by atoms with Gasteiger partial charge in [0.2, 0.25) is 5.88 Å². The van der Waals surface area contributed by atoms with Crippen molar-refractivity contribution in [2.45, 2.75) is 32.6 Å². The molecule has 0 fully saturated rings. The van der Waals surface area contributed by atoms with Crippen LogP contribution in [0.25, 0.3) is 0 Å². The predicted molar refractivity (Wildman–Crippen MR) is 71.5 cm³/mol. The number of fused-ring (bicyclic) bond motifs is 1. The normalized spacial score (nSPS) is 17.7. The summed E-state index contributed by atoms with van der Waals surface area (Å²) in [5.41, 5.74) is 7.37. The van der Waals surface area contributed by atoms with E-state index < -0.39 is 0 Å². The predicted octanol–water partition coefficient (Wildman–Crippen LogP) is 1.66. The first-order valence-electron chi connectivity index (χ1n) is 6.29. The highest BCUT2D eigenvalue weighted by atomic mass is 16.5. The Balaban J connectivity index is 2.71. The third-order valence-electron chi connectivity index (χ3n) is 3.55. The second kappa shape index (κ2) is 4.81. The van der Waals surface area contributed by atoms with Gasteiger partial charge in [-0.2, -0.15) is 5.26 Å². The van der Waals surface area contributed by atoms with E-state index in [0.717, 1.165) is 12.1 Å². The largest absolute Gasteiger partial charge is 0.440 e. The average Bonchev–Trinajstić information content (AvgIpc) is 2.36. The number of nitriles is 1. The van der Waals surface area contributed by atoms with E-state index >= 15 is 0 Å². The number of aromatic nitrogens is 1. The molecule has 2 N–H and O–H groups in total. The molecule has 5 nitrogen and oxygen atoms in total. The zero-order valence-electron chi connectivity index (χ0n) is 11.4. The van der Waals surface area contributed by atoms with Crippen molar-refractivity contribution in [3.63, 3.8) is 0 Å². The number of pyridine rings is 1. The van der Waals surface area contributed by atoms with Crippen molar-refractivity contribution < 1.29 is 4.74 Å². The summed E-state index contributed by atoms with van der Waals surface area (Å²) in [5, 5.41) is 9.22. The number of hydrogen-bond acceptors (Lipinski definition) is 4. The Morgan fingerprint density at radius 2 is 2.26 bits per heavy atom. The maximum atomic E-state index is 12.4. The van der Waals surface area contributed by atoms with Crippen LogP contribution >= 0.6 is 0 Å². The van der Waals surface area contributed by atoms with Gasteiger partial charge in [0, 0.05) is 24.7 Å². The Morgan fingerprint density at radius 1 is 1.58 bits per heavy atom. The summed E-state index contributed by atoms with van der Waals surface area (Å²) in [5.74, 6) is 0.328. The molecular formula is C14H17N3O2. The zero-order valence-corrected chi connectivity index (χ0v) is 11.4. The summed E-state index contributed by atoms with van der Waals surface area (Å²) in [6.45, 7) is 3.85. The molecular weight excluding hydrogens is 242 g/mol. The molecule has 0 unspecified atom stereocenters. The van der Waals surface area contributed by atoms with E-state index in [4.69, 9.17) is 10.5 Å². The van der Waals surface area contributed by atoms with Gasteiger partial charge in [0.25, 0.3) is 5.56 Å². The lowest BCUT2D eigenvalue weighted by Gasteiger charge is -2.26. The topological polar surface area (TPSA) is 81.0 Å². The van der Waals surface area contributed by atoms with Crippen LogP contribution in [0.3, 0.4) is 0 Å². The quantitative estimate of drug-likeness (QED) is 0.875. The Bertz CT molecular complexity index is 650. The molecule has 100 valence electrons. The molecule has 0 saturated carbocycles.